The number of hydrogen-bond donors (Lipinski definition) is 1. The summed E-state index contributed by atoms with van der Waals surface area (Å²) in [6.07, 6.45) is 5.12. The monoisotopic (exact) mass is 238 g/mol. The zero-order valence-corrected chi connectivity index (χ0v) is 10.8. The smallest absolute Gasteiger partial charge is 0.242 e. The number of rotatable bonds is 3. The summed E-state index contributed by atoms with van der Waals surface area (Å²) in [6, 6.07) is 0. The molecular formula is C13H22N2O2. The van der Waals surface area contributed by atoms with Gasteiger partial charge in [-0.15, -0.1) is 0 Å². The Balaban J connectivity index is 1.94. The van der Waals surface area contributed by atoms with Gasteiger partial charge in [-0.3, -0.25) is 4.79 Å². The fourth-order valence-corrected chi connectivity index (χ4v) is 2.64. The molecule has 0 aromatic rings. The van der Waals surface area contributed by atoms with Crippen molar-refractivity contribution in [3.05, 3.63) is 11.6 Å². The minimum absolute atomic E-state index is 0.253. The van der Waals surface area contributed by atoms with Gasteiger partial charge in [-0.1, -0.05) is 6.08 Å². The quantitative estimate of drug-likeness (QED) is 0.744. The van der Waals surface area contributed by atoms with Crippen LogP contribution in [-0.4, -0.2) is 49.7 Å². The lowest BCUT2D eigenvalue weighted by Crippen LogP contribution is -2.53. The number of ether oxygens (including phenoxy) is 1. The second-order valence-corrected chi connectivity index (χ2v) is 5.16. The maximum Gasteiger partial charge on any atom is 0.242 e. The van der Waals surface area contributed by atoms with Gasteiger partial charge in [0.1, 0.15) is 0 Å². The third kappa shape index (κ3) is 2.69. The maximum atomic E-state index is 12.4. The Kier molecular flexibility index (Phi) is 3.84. The molecule has 17 heavy (non-hydrogen) atoms. The Morgan fingerprint density at radius 3 is 3.00 bits per heavy atom. The predicted molar refractivity (Wildman–Crippen MR) is 66.8 cm³/mol. The molecule has 1 amide bonds. The maximum absolute atomic E-state index is 12.4. The van der Waals surface area contributed by atoms with Gasteiger partial charge in [0.15, 0.2) is 0 Å². The van der Waals surface area contributed by atoms with Crippen molar-refractivity contribution in [3.63, 3.8) is 0 Å². The zero-order chi connectivity index (χ0) is 12.3. The van der Waals surface area contributed by atoms with Crippen molar-refractivity contribution in [2.45, 2.75) is 31.7 Å². The van der Waals surface area contributed by atoms with Crippen LogP contribution in [0.1, 0.15) is 26.2 Å². The molecule has 2 rings (SSSR count). The van der Waals surface area contributed by atoms with E-state index < -0.39 is 0 Å². The molecule has 4 nitrogen and oxygen atoms in total. The molecule has 1 fully saturated rings. The number of amides is 1. The number of hydrogen-bond acceptors (Lipinski definition) is 3. The molecule has 0 bridgehead atoms. The summed E-state index contributed by atoms with van der Waals surface area (Å²) in [6.45, 7) is 5.23. The topological polar surface area (TPSA) is 41.6 Å². The van der Waals surface area contributed by atoms with E-state index >= 15 is 0 Å². The van der Waals surface area contributed by atoms with Gasteiger partial charge in [-0.25, -0.2) is 0 Å². The number of nitrogens with zero attached hydrogens (tertiary/aromatic N) is 1. The third-order valence-electron chi connectivity index (χ3n) is 3.76. The summed E-state index contributed by atoms with van der Waals surface area (Å²) in [5.74, 6) is 0.253. The van der Waals surface area contributed by atoms with E-state index in [4.69, 9.17) is 4.74 Å². The first-order valence-electron chi connectivity index (χ1n) is 6.37. The average molecular weight is 238 g/mol. The minimum atomic E-state index is -0.327. The van der Waals surface area contributed by atoms with Crippen molar-refractivity contribution in [1.82, 2.24) is 10.2 Å². The molecular weight excluding hydrogens is 216 g/mol. The molecule has 1 N–H and O–H groups in total. The molecule has 2 aliphatic heterocycles. The van der Waals surface area contributed by atoms with Gasteiger partial charge in [-0.2, -0.15) is 0 Å². The summed E-state index contributed by atoms with van der Waals surface area (Å²) in [7, 11) is 1.71. The molecule has 96 valence electrons. The first-order chi connectivity index (χ1) is 8.15. The van der Waals surface area contributed by atoms with Crippen molar-refractivity contribution < 1.29 is 9.53 Å². The Hall–Kier alpha value is -0.870. The average Bonchev–Trinajstić information content (AvgIpc) is 2.78. The van der Waals surface area contributed by atoms with Crippen LogP contribution in [0.2, 0.25) is 0 Å². The van der Waals surface area contributed by atoms with Gasteiger partial charge in [0.2, 0.25) is 5.91 Å². The Morgan fingerprint density at radius 2 is 2.47 bits per heavy atom. The van der Waals surface area contributed by atoms with Crippen LogP contribution in [0.25, 0.3) is 0 Å². The lowest BCUT2D eigenvalue weighted by atomic mass is 9.97. The van der Waals surface area contributed by atoms with Crippen LogP contribution >= 0.6 is 0 Å². The molecule has 2 aliphatic rings. The molecule has 0 saturated carbocycles. The van der Waals surface area contributed by atoms with Crippen molar-refractivity contribution in [1.29, 1.82) is 0 Å². The van der Waals surface area contributed by atoms with Gasteiger partial charge in [0.05, 0.1) is 12.1 Å². The van der Waals surface area contributed by atoms with Crippen LogP contribution in [-0.2, 0) is 9.53 Å². The highest BCUT2D eigenvalue weighted by atomic mass is 16.5. The SMILES string of the molecule is COCC1=CCN(C(=O)C2(C)CCCN2)CC1. The molecule has 2 heterocycles. The van der Waals surface area contributed by atoms with Gasteiger partial charge < -0.3 is 15.0 Å². The Bertz CT molecular complexity index is 319. The van der Waals surface area contributed by atoms with Crippen molar-refractivity contribution in [2.24, 2.45) is 0 Å². The summed E-state index contributed by atoms with van der Waals surface area (Å²) in [5, 5.41) is 3.33. The standard InChI is InChI=1S/C13H22N2O2/c1-13(6-3-7-14-13)12(16)15-8-4-11(5-9-15)10-17-2/h4,14H,3,5-10H2,1-2H3. The van der Waals surface area contributed by atoms with E-state index in [2.05, 4.69) is 11.4 Å². The van der Waals surface area contributed by atoms with Gasteiger partial charge >= 0.3 is 0 Å². The number of nitrogens with one attached hydrogen (secondary N) is 1. The van der Waals surface area contributed by atoms with E-state index in [0.29, 0.717) is 6.61 Å². The first-order valence-corrected chi connectivity index (χ1v) is 6.37. The largest absolute Gasteiger partial charge is 0.380 e. The fraction of sp³-hybridized carbons (Fsp3) is 0.769. The van der Waals surface area contributed by atoms with Crippen LogP contribution in [0, 0.1) is 0 Å². The highest BCUT2D eigenvalue weighted by molar-refractivity contribution is 5.86. The van der Waals surface area contributed by atoms with Crippen LogP contribution in [0.3, 0.4) is 0 Å². The summed E-state index contributed by atoms with van der Waals surface area (Å²) in [5.41, 5.74) is 0.980. The fourth-order valence-electron chi connectivity index (χ4n) is 2.64. The van der Waals surface area contributed by atoms with Crippen molar-refractivity contribution in [2.75, 3.05) is 33.4 Å². The normalized spacial score (nSPS) is 29.3. The summed E-state index contributed by atoms with van der Waals surface area (Å²) in [4.78, 5) is 14.3. The zero-order valence-electron chi connectivity index (χ0n) is 10.8. The molecule has 4 heteroatoms. The van der Waals surface area contributed by atoms with E-state index in [1.165, 1.54) is 5.57 Å². The number of carbonyl (C=O) groups excluding carboxylic acids is 1. The Morgan fingerprint density at radius 1 is 1.65 bits per heavy atom. The molecule has 0 spiro atoms. The summed E-state index contributed by atoms with van der Waals surface area (Å²) >= 11 is 0. The molecule has 0 radical (unpaired) electrons. The third-order valence-corrected chi connectivity index (χ3v) is 3.76. The lowest BCUT2D eigenvalue weighted by Gasteiger charge is -2.33. The van der Waals surface area contributed by atoms with E-state index in [0.717, 1.165) is 38.9 Å². The second-order valence-electron chi connectivity index (χ2n) is 5.16. The highest BCUT2D eigenvalue weighted by Gasteiger charge is 2.38. The van der Waals surface area contributed by atoms with Crippen LogP contribution in [0.4, 0.5) is 0 Å². The number of carbonyl (C=O) groups is 1. The molecule has 1 saturated heterocycles. The lowest BCUT2D eigenvalue weighted by molar-refractivity contribution is -0.136. The molecule has 0 aromatic heterocycles. The summed E-state index contributed by atoms with van der Waals surface area (Å²) < 4.78 is 5.11. The first kappa shape index (κ1) is 12.6. The molecule has 1 atom stereocenters. The highest BCUT2D eigenvalue weighted by Crippen LogP contribution is 2.23. The van der Waals surface area contributed by atoms with E-state index in [9.17, 15) is 4.79 Å². The van der Waals surface area contributed by atoms with Crippen molar-refractivity contribution in [3.8, 4) is 0 Å². The van der Waals surface area contributed by atoms with Gasteiger partial charge in [0.25, 0.3) is 0 Å². The van der Waals surface area contributed by atoms with E-state index in [-0.39, 0.29) is 11.4 Å². The molecule has 0 aliphatic carbocycles. The van der Waals surface area contributed by atoms with Crippen molar-refractivity contribution >= 4 is 5.91 Å². The van der Waals surface area contributed by atoms with Gasteiger partial charge in [0, 0.05) is 20.2 Å². The number of methoxy groups -OCH3 is 1. The minimum Gasteiger partial charge on any atom is -0.380 e. The van der Waals surface area contributed by atoms with Crippen LogP contribution in [0.5, 0.6) is 0 Å². The van der Waals surface area contributed by atoms with E-state index in [1.807, 2.05) is 11.8 Å². The molecule has 1 unspecified atom stereocenters. The van der Waals surface area contributed by atoms with Crippen LogP contribution in [0.15, 0.2) is 11.6 Å². The molecule has 0 aromatic carbocycles. The predicted octanol–water partition coefficient (Wildman–Crippen LogP) is 0.934. The van der Waals surface area contributed by atoms with Gasteiger partial charge in [-0.05, 0) is 38.3 Å². The van der Waals surface area contributed by atoms with E-state index in [1.54, 1.807) is 7.11 Å². The second kappa shape index (κ2) is 5.19. The Labute approximate surface area is 103 Å². The van der Waals surface area contributed by atoms with Crippen LogP contribution < -0.4 is 5.32 Å².